The van der Waals surface area contributed by atoms with Crippen LogP contribution in [0.25, 0.3) is 0 Å². The molecule has 0 N–H and O–H groups in total. The molecule has 7 heteroatoms. The van der Waals surface area contributed by atoms with Crippen LogP contribution in [0.15, 0.2) is 23.1 Å². The summed E-state index contributed by atoms with van der Waals surface area (Å²) in [5.74, 6) is 0.809. The van der Waals surface area contributed by atoms with Gasteiger partial charge in [-0.1, -0.05) is 30.1 Å². The van der Waals surface area contributed by atoms with Crippen molar-refractivity contribution in [2.24, 2.45) is 5.92 Å². The maximum Gasteiger partial charge on any atom is 0.243 e. The molecule has 0 amide bonds. The van der Waals surface area contributed by atoms with Gasteiger partial charge in [-0.05, 0) is 69.3 Å². The molecular weight excluding hydrogens is 379 g/mol. The van der Waals surface area contributed by atoms with Crippen molar-refractivity contribution in [2.75, 3.05) is 20.1 Å². The summed E-state index contributed by atoms with van der Waals surface area (Å²) in [7, 11) is -1.91. The monoisotopic (exact) mass is 404 g/mol. The van der Waals surface area contributed by atoms with Gasteiger partial charge in [0.05, 0.1) is 4.90 Å². The fourth-order valence-electron chi connectivity index (χ4n) is 4.03. The highest BCUT2D eigenvalue weighted by Crippen LogP contribution is 2.33. The SMILES string of the molecule is CC1CCN(C2CCC(N(C)S(=O)(=O)c3cc(Cl)cc(Cl)c3)C2)CC1. The molecule has 1 aliphatic carbocycles. The van der Waals surface area contributed by atoms with E-state index in [2.05, 4.69) is 11.8 Å². The number of rotatable bonds is 4. The van der Waals surface area contributed by atoms with Crippen LogP contribution < -0.4 is 0 Å². The van der Waals surface area contributed by atoms with Crippen LogP contribution in [0.4, 0.5) is 0 Å². The van der Waals surface area contributed by atoms with E-state index < -0.39 is 10.0 Å². The first-order chi connectivity index (χ1) is 11.8. The Morgan fingerprint density at radius 3 is 2.24 bits per heavy atom. The van der Waals surface area contributed by atoms with E-state index in [1.54, 1.807) is 13.1 Å². The highest BCUT2D eigenvalue weighted by atomic mass is 35.5. The lowest BCUT2D eigenvalue weighted by Gasteiger charge is -2.35. The zero-order valence-electron chi connectivity index (χ0n) is 14.8. The lowest BCUT2D eigenvalue weighted by Crippen LogP contribution is -2.41. The zero-order valence-corrected chi connectivity index (χ0v) is 17.1. The van der Waals surface area contributed by atoms with Crippen LogP contribution in [-0.2, 0) is 10.0 Å². The van der Waals surface area contributed by atoms with Crippen molar-refractivity contribution in [2.45, 2.75) is 56.0 Å². The first kappa shape index (κ1) is 19.4. The van der Waals surface area contributed by atoms with Crippen molar-refractivity contribution in [3.8, 4) is 0 Å². The maximum absolute atomic E-state index is 12.9. The van der Waals surface area contributed by atoms with Crippen LogP contribution >= 0.6 is 23.2 Å². The molecule has 0 bridgehead atoms. The number of halogens is 2. The third-order valence-electron chi connectivity index (χ3n) is 5.74. The van der Waals surface area contributed by atoms with E-state index in [9.17, 15) is 8.42 Å². The van der Waals surface area contributed by atoms with E-state index in [0.717, 1.165) is 38.3 Å². The Hall–Kier alpha value is -0.330. The van der Waals surface area contributed by atoms with E-state index in [4.69, 9.17) is 23.2 Å². The predicted molar refractivity (Wildman–Crippen MR) is 103 cm³/mol. The molecule has 1 saturated carbocycles. The predicted octanol–water partition coefficient (Wildman–Crippen LogP) is 4.27. The lowest BCUT2D eigenvalue weighted by molar-refractivity contribution is 0.136. The fraction of sp³-hybridized carbons (Fsp3) is 0.667. The Morgan fingerprint density at radius 2 is 1.64 bits per heavy atom. The minimum atomic E-state index is -3.58. The quantitative estimate of drug-likeness (QED) is 0.751. The van der Waals surface area contributed by atoms with Crippen molar-refractivity contribution in [1.82, 2.24) is 9.21 Å². The first-order valence-corrected chi connectivity index (χ1v) is 11.1. The number of sulfonamides is 1. The fourth-order valence-corrected chi connectivity index (χ4v) is 6.15. The molecule has 2 aliphatic rings. The van der Waals surface area contributed by atoms with Crippen molar-refractivity contribution in [3.05, 3.63) is 28.2 Å². The van der Waals surface area contributed by atoms with E-state index in [-0.39, 0.29) is 10.9 Å². The average molecular weight is 405 g/mol. The summed E-state index contributed by atoms with van der Waals surface area (Å²) in [6, 6.07) is 5.02. The van der Waals surface area contributed by atoms with E-state index in [1.165, 1.54) is 29.3 Å². The number of likely N-dealkylation sites (tertiary alicyclic amines) is 1. The molecule has 140 valence electrons. The molecule has 1 aromatic rings. The summed E-state index contributed by atoms with van der Waals surface area (Å²) in [4.78, 5) is 2.72. The van der Waals surface area contributed by atoms with Crippen molar-refractivity contribution < 1.29 is 8.42 Å². The van der Waals surface area contributed by atoms with Gasteiger partial charge in [-0.25, -0.2) is 8.42 Å². The Morgan fingerprint density at radius 1 is 1.04 bits per heavy atom. The van der Waals surface area contributed by atoms with Gasteiger partial charge in [-0.15, -0.1) is 0 Å². The Labute approximate surface area is 161 Å². The van der Waals surface area contributed by atoms with E-state index >= 15 is 0 Å². The molecule has 1 aromatic carbocycles. The average Bonchev–Trinajstić information content (AvgIpc) is 3.03. The van der Waals surface area contributed by atoms with E-state index in [1.807, 2.05) is 0 Å². The molecule has 2 fully saturated rings. The Balaban J connectivity index is 1.69. The summed E-state index contributed by atoms with van der Waals surface area (Å²) in [6.45, 7) is 4.59. The zero-order chi connectivity index (χ0) is 18.2. The summed E-state index contributed by atoms with van der Waals surface area (Å²) in [5, 5.41) is 0.678. The van der Waals surface area contributed by atoms with Gasteiger partial charge in [0.15, 0.2) is 0 Å². The van der Waals surface area contributed by atoms with Crippen LogP contribution in [-0.4, -0.2) is 49.8 Å². The minimum absolute atomic E-state index is 0.0344. The van der Waals surface area contributed by atoms with Gasteiger partial charge in [0.2, 0.25) is 10.0 Å². The van der Waals surface area contributed by atoms with Gasteiger partial charge in [0.25, 0.3) is 0 Å². The second kappa shape index (κ2) is 7.73. The lowest BCUT2D eigenvalue weighted by atomic mass is 9.97. The molecule has 0 spiro atoms. The topological polar surface area (TPSA) is 40.6 Å². The molecular formula is C18H26Cl2N2O2S. The molecule has 1 heterocycles. The smallest absolute Gasteiger partial charge is 0.243 e. The standard InChI is InChI=1S/C18H26Cl2N2O2S/c1-13-5-7-22(8-6-13)17-4-3-16(12-17)21(2)25(23,24)18-10-14(19)9-15(20)11-18/h9-11,13,16-17H,3-8,12H2,1-2H3. The van der Waals surface area contributed by atoms with Crippen LogP contribution in [0, 0.1) is 5.92 Å². The largest absolute Gasteiger partial charge is 0.300 e. The molecule has 3 rings (SSSR count). The normalized spacial score (nSPS) is 26.4. The third-order valence-corrected chi connectivity index (χ3v) is 8.06. The van der Waals surface area contributed by atoms with Crippen LogP contribution in [0.3, 0.4) is 0 Å². The van der Waals surface area contributed by atoms with Gasteiger partial charge >= 0.3 is 0 Å². The van der Waals surface area contributed by atoms with E-state index in [0.29, 0.717) is 16.1 Å². The van der Waals surface area contributed by atoms with Crippen molar-refractivity contribution in [1.29, 1.82) is 0 Å². The molecule has 0 radical (unpaired) electrons. The first-order valence-electron chi connectivity index (χ1n) is 8.95. The summed E-state index contributed by atoms with van der Waals surface area (Å²) in [6.07, 6.45) is 5.36. The van der Waals surface area contributed by atoms with Gasteiger partial charge < -0.3 is 4.90 Å². The molecule has 1 aliphatic heterocycles. The summed E-state index contributed by atoms with van der Waals surface area (Å²) >= 11 is 12.0. The molecule has 0 aromatic heterocycles. The van der Waals surface area contributed by atoms with Gasteiger partial charge in [0, 0.05) is 29.2 Å². The molecule has 25 heavy (non-hydrogen) atoms. The third kappa shape index (κ3) is 4.33. The number of nitrogens with zero attached hydrogens (tertiary/aromatic N) is 2. The number of piperidine rings is 1. The minimum Gasteiger partial charge on any atom is -0.300 e. The maximum atomic E-state index is 12.9. The van der Waals surface area contributed by atoms with Gasteiger partial charge in [-0.3, -0.25) is 0 Å². The van der Waals surface area contributed by atoms with Crippen molar-refractivity contribution in [3.63, 3.8) is 0 Å². The number of hydrogen-bond donors (Lipinski definition) is 0. The summed E-state index contributed by atoms with van der Waals surface area (Å²) < 4.78 is 27.4. The molecule has 1 saturated heterocycles. The Bertz CT molecular complexity index is 698. The van der Waals surface area contributed by atoms with Crippen LogP contribution in [0.1, 0.15) is 39.0 Å². The van der Waals surface area contributed by atoms with Crippen LogP contribution in [0.2, 0.25) is 10.0 Å². The molecule has 4 nitrogen and oxygen atoms in total. The van der Waals surface area contributed by atoms with Crippen molar-refractivity contribution >= 4 is 33.2 Å². The highest BCUT2D eigenvalue weighted by Gasteiger charge is 2.37. The number of benzene rings is 1. The van der Waals surface area contributed by atoms with Gasteiger partial charge in [0.1, 0.15) is 0 Å². The number of hydrogen-bond acceptors (Lipinski definition) is 3. The van der Waals surface area contributed by atoms with Gasteiger partial charge in [-0.2, -0.15) is 4.31 Å². The summed E-state index contributed by atoms with van der Waals surface area (Å²) in [5.41, 5.74) is 0. The second-order valence-electron chi connectivity index (χ2n) is 7.47. The molecule has 2 unspecified atom stereocenters. The van der Waals surface area contributed by atoms with Crippen LogP contribution in [0.5, 0.6) is 0 Å². The second-order valence-corrected chi connectivity index (χ2v) is 10.3. The molecule has 2 atom stereocenters. The highest BCUT2D eigenvalue weighted by molar-refractivity contribution is 7.89. The Kier molecular flexibility index (Phi) is 6.01.